The molecule has 0 spiro atoms. The van der Waals surface area contributed by atoms with Gasteiger partial charge in [-0.2, -0.15) is 13.2 Å². The quantitative estimate of drug-likeness (QED) is 0.325. The summed E-state index contributed by atoms with van der Waals surface area (Å²) >= 11 is 0. The highest BCUT2D eigenvalue weighted by molar-refractivity contribution is 7.89. The van der Waals surface area contributed by atoms with E-state index < -0.39 is 34.8 Å². The Morgan fingerprint density at radius 3 is 2.50 bits per heavy atom. The van der Waals surface area contributed by atoms with Crippen LogP contribution in [0.1, 0.15) is 12.8 Å². The molecule has 0 radical (unpaired) electrons. The first-order valence-electron chi connectivity index (χ1n) is 4.32. The van der Waals surface area contributed by atoms with Crippen molar-refractivity contribution in [2.45, 2.75) is 19.0 Å². The van der Waals surface area contributed by atoms with Crippen LogP contribution in [-0.4, -0.2) is 33.4 Å². The molecule has 0 aromatic heterocycles. The van der Waals surface area contributed by atoms with Gasteiger partial charge in [-0.15, -0.1) is 0 Å². The molecule has 6 nitrogen and oxygen atoms in total. The number of azide groups is 1. The Hall–Kier alpha value is -0.990. The fourth-order valence-corrected chi connectivity index (χ4v) is 1.90. The predicted octanol–water partition coefficient (Wildman–Crippen LogP) is 1.56. The number of nitrogens with zero attached hydrogens (tertiary/aromatic N) is 3. The van der Waals surface area contributed by atoms with Crippen molar-refractivity contribution in [1.29, 1.82) is 0 Å². The van der Waals surface area contributed by atoms with Crippen LogP contribution in [-0.2, 0) is 10.0 Å². The van der Waals surface area contributed by atoms with E-state index in [2.05, 4.69) is 10.0 Å². The summed E-state index contributed by atoms with van der Waals surface area (Å²) in [6.07, 6.45) is -5.97. The Morgan fingerprint density at radius 1 is 1.38 bits per heavy atom. The maximum atomic E-state index is 11.7. The van der Waals surface area contributed by atoms with E-state index >= 15 is 0 Å². The van der Waals surface area contributed by atoms with Crippen LogP contribution in [0.4, 0.5) is 13.2 Å². The van der Waals surface area contributed by atoms with Crippen LogP contribution in [0, 0.1) is 0 Å². The zero-order valence-electron chi connectivity index (χ0n) is 8.24. The van der Waals surface area contributed by atoms with Crippen molar-refractivity contribution in [3.63, 3.8) is 0 Å². The van der Waals surface area contributed by atoms with Gasteiger partial charge in [0.25, 0.3) is 0 Å². The van der Waals surface area contributed by atoms with Gasteiger partial charge in [-0.05, 0) is 12.0 Å². The first-order chi connectivity index (χ1) is 7.27. The topological polar surface area (TPSA) is 94.9 Å². The summed E-state index contributed by atoms with van der Waals surface area (Å²) in [6, 6.07) is 0. The van der Waals surface area contributed by atoms with Crippen LogP contribution in [0.15, 0.2) is 5.11 Å². The van der Waals surface area contributed by atoms with Gasteiger partial charge in [-0.3, -0.25) is 0 Å². The average Bonchev–Trinajstić information content (AvgIpc) is 2.10. The Labute approximate surface area is 90.5 Å². The maximum absolute atomic E-state index is 11.7. The van der Waals surface area contributed by atoms with E-state index in [0.717, 1.165) is 0 Å². The van der Waals surface area contributed by atoms with Crippen LogP contribution in [0.3, 0.4) is 0 Å². The summed E-state index contributed by atoms with van der Waals surface area (Å²) in [5.74, 6) is -0.594. The zero-order valence-corrected chi connectivity index (χ0v) is 9.05. The second-order valence-electron chi connectivity index (χ2n) is 2.89. The Morgan fingerprint density at radius 2 is 2.00 bits per heavy atom. The first kappa shape index (κ1) is 15.0. The molecule has 0 aliphatic carbocycles. The summed E-state index contributed by atoms with van der Waals surface area (Å²) in [5.41, 5.74) is 7.88. The number of halogens is 3. The van der Waals surface area contributed by atoms with E-state index in [1.807, 2.05) is 4.72 Å². The van der Waals surface area contributed by atoms with Gasteiger partial charge in [0, 0.05) is 24.4 Å². The van der Waals surface area contributed by atoms with E-state index in [9.17, 15) is 21.6 Å². The molecule has 0 aliphatic heterocycles. The molecule has 0 fully saturated rings. The lowest BCUT2D eigenvalue weighted by atomic mass is 10.3. The molecule has 0 aromatic rings. The van der Waals surface area contributed by atoms with E-state index in [-0.39, 0.29) is 13.1 Å². The fourth-order valence-electron chi connectivity index (χ4n) is 0.831. The van der Waals surface area contributed by atoms with Gasteiger partial charge in [0.05, 0.1) is 5.75 Å². The van der Waals surface area contributed by atoms with Crippen molar-refractivity contribution < 1.29 is 21.6 Å². The van der Waals surface area contributed by atoms with Crippen LogP contribution in [0.2, 0.25) is 0 Å². The molecule has 0 aromatic carbocycles. The molecule has 0 heterocycles. The lowest BCUT2D eigenvalue weighted by molar-refractivity contribution is -0.134. The monoisotopic (exact) mass is 260 g/mol. The number of alkyl halides is 3. The van der Waals surface area contributed by atoms with Gasteiger partial charge in [0.1, 0.15) is 0 Å². The molecule has 0 aliphatic rings. The molecule has 0 amide bonds. The van der Waals surface area contributed by atoms with Gasteiger partial charge < -0.3 is 0 Å². The molecular weight excluding hydrogens is 249 g/mol. The number of rotatable bonds is 7. The van der Waals surface area contributed by atoms with Crippen LogP contribution in [0.5, 0.6) is 0 Å². The van der Waals surface area contributed by atoms with Gasteiger partial charge in [-0.25, -0.2) is 13.1 Å². The highest BCUT2D eigenvalue weighted by Gasteiger charge is 2.27. The molecule has 0 bridgehead atoms. The molecule has 94 valence electrons. The summed E-state index contributed by atoms with van der Waals surface area (Å²) in [5, 5.41) is 3.07. The zero-order chi connectivity index (χ0) is 12.7. The second-order valence-corrected chi connectivity index (χ2v) is 4.81. The largest absolute Gasteiger partial charge is 0.389 e. The van der Waals surface area contributed by atoms with E-state index in [4.69, 9.17) is 5.53 Å². The number of hydrogen-bond acceptors (Lipinski definition) is 3. The maximum Gasteiger partial charge on any atom is 0.389 e. The van der Waals surface area contributed by atoms with Gasteiger partial charge in [-0.1, -0.05) is 5.11 Å². The lowest BCUT2D eigenvalue weighted by Gasteiger charge is -2.07. The van der Waals surface area contributed by atoms with Crippen LogP contribution >= 0.6 is 0 Å². The minimum atomic E-state index is -4.35. The van der Waals surface area contributed by atoms with Gasteiger partial charge >= 0.3 is 6.18 Å². The minimum absolute atomic E-state index is 0.0744. The normalized spacial score (nSPS) is 12.2. The third-order valence-electron chi connectivity index (χ3n) is 1.47. The molecule has 0 atom stereocenters. The highest BCUT2D eigenvalue weighted by Crippen LogP contribution is 2.21. The third-order valence-corrected chi connectivity index (χ3v) is 2.94. The average molecular weight is 260 g/mol. The standard InChI is InChI=1S/C6H11F3N4O2S/c7-6(8,9)2-1-5-16(14,15)12-4-3-11-13-10/h12H,1-5H2. The van der Waals surface area contributed by atoms with Crippen molar-refractivity contribution in [2.24, 2.45) is 5.11 Å². The van der Waals surface area contributed by atoms with Crippen molar-refractivity contribution in [1.82, 2.24) is 4.72 Å². The van der Waals surface area contributed by atoms with Crippen molar-refractivity contribution in [3.8, 4) is 0 Å². The third kappa shape index (κ3) is 9.56. The number of nitrogens with one attached hydrogen (secondary N) is 1. The molecule has 1 N–H and O–H groups in total. The second kappa shape index (κ2) is 6.56. The first-order valence-corrected chi connectivity index (χ1v) is 5.97. The lowest BCUT2D eigenvalue weighted by Crippen LogP contribution is -2.29. The van der Waals surface area contributed by atoms with E-state index in [1.54, 1.807) is 0 Å². The number of sulfonamides is 1. The molecule has 0 rings (SSSR count). The van der Waals surface area contributed by atoms with Crippen LogP contribution in [0.25, 0.3) is 10.4 Å². The van der Waals surface area contributed by atoms with E-state index in [1.165, 1.54) is 0 Å². The molecule has 10 heteroatoms. The summed E-state index contributed by atoms with van der Waals surface area (Å²) in [4.78, 5) is 2.39. The molecular formula is C6H11F3N4O2S. The summed E-state index contributed by atoms with van der Waals surface area (Å²) < 4.78 is 59.3. The van der Waals surface area contributed by atoms with E-state index in [0.29, 0.717) is 0 Å². The Balaban J connectivity index is 3.84. The number of hydrogen-bond donors (Lipinski definition) is 1. The van der Waals surface area contributed by atoms with Crippen molar-refractivity contribution in [3.05, 3.63) is 10.4 Å². The molecule has 0 unspecified atom stereocenters. The van der Waals surface area contributed by atoms with Gasteiger partial charge in [0.2, 0.25) is 10.0 Å². The minimum Gasteiger partial charge on any atom is -0.215 e. The van der Waals surface area contributed by atoms with Gasteiger partial charge in [0.15, 0.2) is 0 Å². The molecule has 0 saturated heterocycles. The Bertz CT molecular complexity index is 347. The van der Waals surface area contributed by atoms with Crippen LogP contribution < -0.4 is 4.72 Å². The SMILES string of the molecule is [N-]=[N+]=NCCNS(=O)(=O)CCCC(F)(F)F. The molecule has 0 saturated carbocycles. The van der Waals surface area contributed by atoms with Crippen molar-refractivity contribution >= 4 is 10.0 Å². The predicted molar refractivity (Wildman–Crippen MR) is 51.1 cm³/mol. The Kier molecular flexibility index (Phi) is 6.16. The molecule has 16 heavy (non-hydrogen) atoms. The summed E-state index contributed by atoms with van der Waals surface area (Å²) in [7, 11) is -3.72. The van der Waals surface area contributed by atoms with Crippen molar-refractivity contribution in [2.75, 3.05) is 18.8 Å². The highest BCUT2D eigenvalue weighted by atomic mass is 32.2. The summed E-state index contributed by atoms with van der Waals surface area (Å²) in [6.45, 7) is -0.187. The fraction of sp³-hybridized carbons (Fsp3) is 1.00. The smallest absolute Gasteiger partial charge is 0.215 e.